The van der Waals surface area contributed by atoms with Crippen LogP contribution in [0.25, 0.3) is 0 Å². The average Bonchev–Trinajstić information content (AvgIpc) is 2.49. The number of benzene rings is 2. The van der Waals surface area contributed by atoms with E-state index >= 15 is 0 Å². The number of carbonyl (C=O) groups excluding carboxylic acids is 1. The van der Waals surface area contributed by atoms with Crippen molar-refractivity contribution in [3.63, 3.8) is 0 Å². The van der Waals surface area contributed by atoms with Crippen LogP contribution in [0.5, 0.6) is 11.5 Å². The topological polar surface area (TPSA) is 47.6 Å². The number of ether oxygens (including phenoxy) is 2. The maximum absolute atomic E-state index is 13.5. The summed E-state index contributed by atoms with van der Waals surface area (Å²) in [6.07, 6.45) is 0. The molecule has 0 spiro atoms. The first-order valence-electron chi connectivity index (χ1n) is 6.20. The number of anilines is 1. The van der Waals surface area contributed by atoms with Crippen molar-refractivity contribution in [2.24, 2.45) is 0 Å². The van der Waals surface area contributed by atoms with Crippen molar-refractivity contribution in [3.05, 3.63) is 53.8 Å². The molecule has 0 radical (unpaired) electrons. The van der Waals surface area contributed by atoms with Crippen molar-refractivity contribution in [2.75, 3.05) is 12.4 Å². The minimum Gasteiger partial charge on any atom is -0.493 e. The van der Waals surface area contributed by atoms with Crippen LogP contribution in [0, 0.1) is 5.82 Å². The van der Waals surface area contributed by atoms with E-state index in [9.17, 15) is 18.0 Å². The lowest BCUT2D eigenvalue weighted by Gasteiger charge is -2.12. The highest BCUT2D eigenvalue weighted by Gasteiger charge is 2.15. The summed E-state index contributed by atoms with van der Waals surface area (Å²) in [6, 6.07) is 9.37. The number of hydrogen-bond donors (Lipinski definition) is 1. The summed E-state index contributed by atoms with van der Waals surface area (Å²) >= 11 is 0. The third kappa shape index (κ3) is 3.69. The van der Waals surface area contributed by atoms with Gasteiger partial charge in [0.05, 0.1) is 12.8 Å². The molecule has 0 aromatic heterocycles. The van der Waals surface area contributed by atoms with E-state index in [1.165, 1.54) is 37.4 Å². The number of amides is 1. The van der Waals surface area contributed by atoms with E-state index in [1.54, 1.807) is 6.07 Å². The van der Waals surface area contributed by atoms with Gasteiger partial charge in [-0.25, -0.2) is 4.39 Å². The minimum atomic E-state index is -3.06. The molecular formula is C15H12F3NO3. The lowest BCUT2D eigenvalue weighted by molar-refractivity contribution is -0.0512. The van der Waals surface area contributed by atoms with Crippen LogP contribution in [0.1, 0.15) is 10.4 Å². The lowest BCUT2D eigenvalue weighted by atomic mass is 10.2. The summed E-state index contributed by atoms with van der Waals surface area (Å²) in [6.45, 7) is -3.06. The molecule has 7 heteroatoms. The summed E-state index contributed by atoms with van der Waals surface area (Å²) in [4.78, 5) is 12.0. The van der Waals surface area contributed by atoms with E-state index in [-0.39, 0.29) is 22.7 Å². The van der Waals surface area contributed by atoms with Crippen LogP contribution in [-0.2, 0) is 0 Å². The number of halogens is 3. The second-order valence-corrected chi connectivity index (χ2v) is 4.18. The minimum absolute atomic E-state index is 0.0142. The van der Waals surface area contributed by atoms with Crippen molar-refractivity contribution in [2.45, 2.75) is 6.61 Å². The van der Waals surface area contributed by atoms with Gasteiger partial charge in [-0.05, 0) is 30.3 Å². The van der Waals surface area contributed by atoms with Gasteiger partial charge < -0.3 is 14.8 Å². The normalized spacial score (nSPS) is 10.4. The lowest BCUT2D eigenvalue weighted by Crippen LogP contribution is -2.13. The molecule has 0 atom stereocenters. The first-order valence-corrected chi connectivity index (χ1v) is 6.20. The molecule has 0 saturated heterocycles. The van der Waals surface area contributed by atoms with Gasteiger partial charge in [-0.2, -0.15) is 8.78 Å². The fraction of sp³-hybridized carbons (Fsp3) is 0.133. The molecule has 0 fully saturated rings. The molecule has 2 aromatic rings. The third-order valence-corrected chi connectivity index (χ3v) is 2.76. The van der Waals surface area contributed by atoms with Crippen molar-refractivity contribution >= 4 is 11.6 Å². The molecule has 0 aliphatic carbocycles. The Morgan fingerprint density at radius 2 is 1.86 bits per heavy atom. The Hall–Kier alpha value is -2.70. The van der Waals surface area contributed by atoms with E-state index in [2.05, 4.69) is 10.1 Å². The van der Waals surface area contributed by atoms with Gasteiger partial charge in [-0.3, -0.25) is 4.79 Å². The third-order valence-electron chi connectivity index (χ3n) is 2.76. The van der Waals surface area contributed by atoms with Crippen LogP contribution < -0.4 is 14.8 Å². The predicted octanol–water partition coefficient (Wildman–Crippen LogP) is 3.69. The number of rotatable bonds is 5. The number of alkyl halides is 2. The fourth-order valence-electron chi connectivity index (χ4n) is 1.76. The SMILES string of the molecule is COc1ccc(C(=O)Nc2ccccc2F)cc1OC(F)F. The molecule has 1 N–H and O–H groups in total. The summed E-state index contributed by atoms with van der Waals surface area (Å²) < 4.78 is 47.3. The van der Waals surface area contributed by atoms with Gasteiger partial charge in [-0.1, -0.05) is 12.1 Å². The smallest absolute Gasteiger partial charge is 0.387 e. The predicted molar refractivity (Wildman–Crippen MR) is 74.0 cm³/mol. The van der Waals surface area contributed by atoms with Gasteiger partial charge in [0, 0.05) is 5.56 Å². The molecule has 116 valence electrons. The van der Waals surface area contributed by atoms with Crippen molar-refractivity contribution in [3.8, 4) is 11.5 Å². The fourth-order valence-corrected chi connectivity index (χ4v) is 1.76. The monoisotopic (exact) mass is 311 g/mol. The van der Waals surface area contributed by atoms with E-state index in [0.29, 0.717) is 0 Å². The van der Waals surface area contributed by atoms with Crippen molar-refractivity contribution in [1.82, 2.24) is 0 Å². The Morgan fingerprint density at radius 1 is 1.14 bits per heavy atom. The molecule has 4 nitrogen and oxygen atoms in total. The second-order valence-electron chi connectivity index (χ2n) is 4.18. The molecule has 0 unspecified atom stereocenters. The first-order chi connectivity index (χ1) is 10.5. The van der Waals surface area contributed by atoms with E-state index in [0.717, 1.165) is 6.07 Å². The van der Waals surface area contributed by atoms with Crippen LogP contribution in [0.3, 0.4) is 0 Å². The molecule has 22 heavy (non-hydrogen) atoms. The molecule has 0 bridgehead atoms. The summed E-state index contributed by atoms with van der Waals surface area (Å²) in [5.41, 5.74) is 0.0133. The Labute approximate surface area is 124 Å². The molecule has 2 rings (SSSR count). The van der Waals surface area contributed by atoms with Crippen LogP contribution in [-0.4, -0.2) is 19.6 Å². The highest BCUT2D eigenvalue weighted by atomic mass is 19.3. The van der Waals surface area contributed by atoms with Crippen molar-refractivity contribution in [1.29, 1.82) is 0 Å². The van der Waals surface area contributed by atoms with Crippen molar-refractivity contribution < 1.29 is 27.4 Å². The zero-order valence-electron chi connectivity index (χ0n) is 11.5. The van der Waals surface area contributed by atoms with Crippen LogP contribution in [0.15, 0.2) is 42.5 Å². The van der Waals surface area contributed by atoms with E-state index < -0.39 is 18.3 Å². The maximum atomic E-state index is 13.5. The zero-order chi connectivity index (χ0) is 16.1. The number of nitrogens with one attached hydrogen (secondary N) is 1. The highest BCUT2D eigenvalue weighted by molar-refractivity contribution is 6.04. The standard InChI is InChI=1S/C15H12F3NO3/c1-21-12-7-6-9(8-13(12)22-15(17)18)14(20)19-11-5-3-2-4-10(11)16/h2-8,15H,1H3,(H,19,20). The van der Waals surface area contributed by atoms with Gasteiger partial charge >= 0.3 is 6.61 Å². The molecule has 1 amide bonds. The number of para-hydroxylation sites is 1. The largest absolute Gasteiger partial charge is 0.493 e. The molecule has 0 saturated carbocycles. The van der Waals surface area contributed by atoms with Gasteiger partial charge in [-0.15, -0.1) is 0 Å². The van der Waals surface area contributed by atoms with Crippen LogP contribution in [0.2, 0.25) is 0 Å². The Morgan fingerprint density at radius 3 is 2.50 bits per heavy atom. The summed E-state index contributed by atoms with van der Waals surface area (Å²) in [5, 5.41) is 2.35. The van der Waals surface area contributed by atoms with E-state index in [4.69, 9.17) is 4.74 Å². The van der Waals surface area contributed by atoms with Gasteiger partial charge in [0.15, 0.2) is 11.5 Å². The quantitative estimate of drug-likeness (QED) is 0.916. The number of methoxy groups -OCH3 is 1. The van der Waals surface area contributed by atoms with Gasteiger partial charge in [0.2, 0.25) is 0 Å². The maximum Gasteiger partial charge on any atom is 0.387 e. The second kappa shape index (κ2) is 6.84. The van der Waals surface area contributed by atoms with Crippen LogP contribution in [0.4, 0.5) is 18.9 Å². The molecular weight excluding hydrogens is 299 g/mol. The summed E-state index contributed by atoms with van der Waals surface area (Å²) in [5.74, 6) is -1.48. The Balaban J connectivity index is 2.24. The molecule has 2 aromatic carbocycles. The molecule has 0 heterocycles. The van der Waals surface area contributed by atoms with Gasteiger partial charge in [0.25, 0.3) is 5.91 Å². The van der Waals surface area contributed by atoms with Crippen LogP contribution >= 0.6 is 0 Å². The Kier molecular flexibility index (Phi) is 4.88. The van der Waals surface area contributed by atoms with E-state index in [1.807, 2.05) is 0 Å². The van der Waals surface area contributed by atoms with Gasteiger partial charge in [0.1, 0.15) is 5.82 Å². The average molecular weight is 311 g/mol. The zero-order valence-corrected chi connectivity index (χ0v) is 11.5. The molecule has 0 aliphatic rings. The molecule has 0 aliphatic heterocycles. The highest BCUT2D eigenvalue weighted by Crippen LogP contribution is 2.29. The number of hydrogen-bond acceptors (Lipinski definition) is 3. The Bertz CT molecular complexity index is 677. The first kappa shape index (κ1) is 15.7. The number of carbonyl (C=O) groups is 1. The summed E-state index contributed by atoms with van der Waals surface area (Å²) in [7, 11) is 1.28.